The van der Waals surface area contributed by atoms with Crippen molar-refractivity contribution in [2.45, 2.75) is 58.0 Å². The summed E-state index contributed by atoms with van der Waals surface area (Å²) in [5.74, 6) is 0.359. The second-order valence-electron chi connectivity index (χ2n) is 10.3. The van der Waals surface area contributed by atoms with Crippen LogP contribution < -0.4 is 10.6 Å². The Morgan fingerprint density at radius 2 is 1.67 bits per heavy atom. The van der Waals surface area contributed by atoms with Crippen LogP contribution in [-0.2, 0) is 9.59 Å². The Morgan fingerprint density at radius 1 is 1.00 bits per heavy atom. The topological polar surface area (TPSA) is 112 Å². The first-order valence-electron chi connectivity index (χ1n) is 13.4. The molecule has 1 aromatic heterocycles. The Morgan fingerprint density at radius 3 is 2.28 bits per heavy atom. The third-order valence-electron chi connectivity index (χ3n) is 7.62. The zero-order valence-corrected chi connectivity index (χ0v) is 22.7. The third kappa shape index (κ3) is 7.22. The van der Waals surface area contributed by atoms with Crippen LogP contribution in [0.1, 0.15) is 57.6 Å². The predicted octanol–water partition coefficient (Wildman–Crippen LogP) is 6.11. The van der Waals surface area contributed by atoms with Crippen LogP contribution >= 0.6 is 0 Å². The van der Waals surface area contributed by atoms with Gasteiger partial charge in [0.1, 0.15) is 0 Å². The van der Waals surface area contributed by atoms with Crippen LogP contribution in [0.15, 0.2) is 66.9 Å². The van der Waals surface area contributed by atoms with Gasteiger partial charge in [-0.3, -0.25) is 14.6 Å². The molecule has 3 aromatic rings. The van der Waals surface area contributed by atoms with E-state index < -0.39 is 6.09 Å². The lowest BCUT2D eigenvalue weighted by molar-refractivity contribution is -0.130. The minimum absolute atomic E-state index is 0.0313. The molecule has 0 aliphatic heterocycles. The highest BCUT2D eigenvalue weighted by Crippen LogP contribution is 2.34. The summed E-state index contributed by atoms with van der Waals surface area (Å²) < 4.78 is 0. The lowest BCUT2D eigenvalue weighted by Crippen LogP contribution is -2.38. The van der Waals surface area contributed by atoms with Crippen LogP contribution in [0.4, 0.5) is 10.5 Å². The Hall–Kier alpha value is -4.20. The summed E-state index contributed by atoms with van der Waals surface area (Å²) in [6.07, 6.45) is 4.77. The molecule has 0 radical (unpaired) electrons. The van der Waals surface area contributed by atoms with Crippen molar-refractivity contribution in [3.8, 4) is 22.4 Å². The van der Waals surface area contributed by atoms with Crippen molar-refractivity contribution < 1.29 is 19.5 Å². The zero-order valence-electron chi connectivity index (χ0n) is 22.7. The molecule has 0 unspecified atom stereocenters. The molecule has 3 amide bonds. The van der Waals surface area contributed by atoms with E-state index >= 15 is 0 Å². The number of amides is 3. The fourth-order valence-corrected chi connectivity index (χ4v) is 5.27. The summed E-state index contributed by atoms with van der Waals surface area (Å²) in [4.78, 5) is 42.1. The van der Waals surface area contributed by atoms with Gasteiger partial charge >= 0.3 is 6.09 Å². The zero-order chi connectivity index (χ0) is 27.9. The quantitative estimate of drug-likeness (QED) is 0.327. The molecule has 39 heavy (non-hydrogen) atoms. The minimum atomic E-state index is -1.06. The van der Waals surface area contributed by atoms with E-state index in [1.807, 2.05) is 72.6 Å². The number of carbonyl (C=O) groups is 3. The first kappa shape index (κ1) is 27.8. The van der Waals surface area contributed by atoms with Gasteiger partial charge in [-0.25, -0.2) is 4.79 Å². The number of nitrogens with one attached hydrogen (secondary N) is 2. The van der Waals surface area contributed by atoms with E-state index in [-0.39, 0.29) is 23.9 Å². The van der Waals surface area contributed by atoms with Gasteiger partial charge in [0.2, 0.25) is 11.8 Å². The number of anilines is 1. The maximum absolute atomic E-state index is 12.9. The Balaban J connectivity index is 1.48. The number of pyridine rings is 1. The maximum atomic E-state index is 12.9. The molecule has 3 N–H and O–H groups in total. The van der Waals surface area contributed by atoms with Crippen LogP contribution in [0.2, 0.25) is 0 Å². The number of benzene rings is 2. The molecule has 4 rings (SSSR count). The summed E-state index contributed by atoms with van der Waals surface area (Å²) in [6, 6.07) is 19.4. The SMILES string of the molecule is CC(=O)N(C)C1CCC(CC(=O)Nc2cnc(-c3ccc([C@@H](C)NC(=O)O)cc3)c(-c3ccccc3)c2)CC1. The van der Waals surface area contributed by atoms with Crippen molar-refractivity contribution in [3.05, 3.63) is 72.4 Å². The van der Waals surface area contributed by atoms with Crippen molar-refractivity contribution in [2.75, 3.05) is 12.4 Å². The number of hydrogen-bond donors (Lipinski definition) is 3. The number of hydrogen-bond acceptors (Lipinski definition) is 4. The van der Waals surface area contributed by atoms with Gasteiger partial charge in [-0.2, -0.15) is 0 Å². The van der Waals surface area contributed by atoms with Gasteiger partial charge in [0.15, 0.2) is 0 Å². The van der Waals surface area contributed by atoms with E-state index in [9.17, 15) is 14.4 Å². The number of aromatic nitrogens is 1. The van der Waals surface area contributed by atoms with Crippen LogP contribution in [0, 0.1) is 5.92 Å². The largest absolute Gasteiger partial charge is 0.465 e. The van der Waals surface area contributed by atoms with Crippen molar-refractivity contribution in [3.63, 3.8) is 0 Å². The molecule has 0 saturated heterocycles. The summed E-state index contributed by atoms with van der Waals surface area (Å²) in [6.45, 7) is 3.39. The lowest BCUT2D eigenvalue weighted by atomic mass is 9.83. The number of nitrogens with zero attached hydrogens (tertiary/aromatic N) is 2. The monoisotopic (exact) mass is 528 g/mol. The molecule has 1 aliphatic carbocycles. The maximum Gasteiger partial charge on any atom is 0.405 e. The van der Waals surface area contributed by atoms with Crippen LogP contribution in [0.5, 0.6) is 0 Å². The fourth-order valence-electron chi connectivity index (χ4n) is 5.27. The Bertz CT molecular complexity index is 1300. The molecular formula is C31H36N4O4. The normalized spacial score (nSPS) is 17.6. The summed E-state index contributed by atoms with van der Waals surface area (Å²) >= 11 is 0. The van der Waals surface area contributed by atoms with E-state index in [0.29, 0.717) is 18.0 Å². The number of carbonyl (C=O) groups excluding carboxylic acids is 2. The highest BCUT2D eigenvalue weighted by atomic mass is 16.4. The first-order valence-corrected chi connectivity index (χ1v) is 13.4. The van der Waals surface area contributed by atoms with Gasteiger partial charge in [0, 0.05) is 37.6 Å². The van der Waals surface area contributed by atoms with Crippen molar-refractivity contribution in [1.29, 1.82) is 0 Å². The standard InChI is InChI=1S/C31H36N4O4/c1-20(33-31(38)39)23-11-13-25(14-12-23)30-28(24-7-5-4-6-8-24)18-26(19-32-30)34-29(37)17-22-9-15-27(16-10-22)35(3)21(2)36/h4-8,11-14,18-20,22,27,33H,9-10,15-17H2,1-3H3,(H,34,37)(H,38,39)/t20-,22?,27?/m1/s1. The minimum Gasteiger partial charge on any atom is -0.465 e. The molecular weight excluding hydrogens is 492 g/mol. The summed E-state index contributed by atoms with van der Waals surface area (Å²) in [5.41, 5.74) is 5.04. The molecule has 1 saturated carbocycles. The molecule has 1 aliphatic rings. The Kier molecular flexibility index (Phi) is 8.96. The van der Waals surface area contributed by atoms with E-state index in [0.717, 1.165) is 53.6 Å². The average Bonchev–Trinajstić information content (AvgIpc) is 2.93. The molecule has 0 bridgehead atoms. The van der Waals surface area contributed by atoms with Gasteiger partial charge in [-0.05, 0) is 55.7 Å². The van der Waals surface area contributed by atoms with E-state index in [1.54, 1.807) is 20.0 Å². The predicted molar refractivity (Wildman–Crippen MR) is 152 cm³/mol. The Labute approximate surface area is 229 Å². The van der Waals surface area contributed by atoms with E-state index in [1.165, 1.54) is 0 Å². The highest BCUT2D eigenvalue weighted by molar-refractivity contribution is 5.93. The van der Waals surface area contributed by atoms with Crippen molar-refractivity contribution in [2.24, 2.45) is 5.92 Å². The van der Waals surface area contributed by atoms with Crippen LogP contribution in [0.3, 0.4) is 0 Å². The second-order valence-corrected chi connectivity index (χ2v) is 10.3. The van der Waals surface area contributed by atoms with Gasteiger partial charge in [0.05, 0.1) is 23.6 Å². The second kappa shape index (κ2) is 12.6. The first-order chi connectivity index (χ1) is 18.7. The summed E-state index contributed by atoms with van der Waals surface area (Å²) in [7, 11) is 1.85. The average molecular weight is 529 g/mol. The van der Waals surface area contributed by atoms with Crippen molar-refractivity contribution >= 4 is 23.6 Å². The molecule has 8 nitrogen and oxygen atoms in total. The van der Waals surface area contributed by atoms with Gasteiger partial charge in [-0.1, -0.05) is 54.6 Å². The smallest absolute Gasteiger partial charge is 0.405 e. The molecule has 1 fully saturated rings. The molecule has 8 heteroatoms. The molecule has 1 heterocycles. The number of carboxylic acid groups (broad SMARTS) is 1. The third-order valence-corrected chi connectivity index (χ3v) is 7.62. The van der Waals surface area contributed by atoms with Gasteiger partial charge in [-0.15, -0.1) is 0 Å². The summed E-state index contributed by atoms with van der Waals surface area (Å²) in [5, 5.41) is 14.5. The van der Waals surface area contributed by atoms with Gasteiger partial charge < -0.3 is 20.6 Å². The van der Waals surface area contributed by atoms with E-state index in [4.69, 9.17) is 10.1 Å². The highest BCUT2D eigenvalue weighted by Gasteiger charge is 2.26. The fraction of sp³-hybridized carbons (Fsp3) is 0.355. The van der Waals surface area contributed by atoms with Crippen LogP contribution in [-0.4, -0.2) is 46.0 Å². The lowest BCUT2D eigenvalue weighted by Gasteiger charge is -2.34. The van der Waals surface area contributed by atoms with E-state index in [2.05, 4.69) is 10.6 Å². The van der Waals surface area contributed by atoms with Crippen LogP contribution in [0.25, 0.3) is 22.4 Å². The molecule has 0 spiro atoms. The van der Waals surface area contributed by atoms with Crippen molar-refractivity contribution in [1.82, 2.24) is 15.2 Å². The molecule has 1 atom stereocenters. The molecule has 2 aromatic carbocycles. The molecule has 204 valence electrons. The van der Waals surface area contributed by atoms with Gasteiger partial charge in [0.25, 0.3) is 0 Å². The number of rotatable bonds is 8.